The number of halogens is 1. The molecule has 142 valence electrons. The molecule has 1 amide bonds. The van der Waals surface area contributed by atoms with Crippen molar-refractivity contribution in [1.82, 2.24) is 14.9 Å². The molecule has 3 atom stereocenters. The highest BCUT2D eigenvalue weighted by Crippen LogP contribution is 2.27. The van der Waals surface area contributed by atoms with E-state index in [4.69, 9.17) is 0 Å². The van der Waals surface area contributed by atoms with Gasteiger partial charge in [0.05, 0.1) is 10.9 Å². The molecule has 0 aliphatic carbocycles. The van der Waals surface area contributed by atoms with Crippen LogP contribution in [0.1, 0.15) is 18.9 Å². The van der Waals surface area contributed by atoms with Gasteiger partial charge in [0.1, 0.15) is 5.84 Å². The number of nitrogens with one attached hydrogen (secondary N) is 2. The van der Waals surface area contributed by atoms with Crippen molar-refractivity contribution in [3.05, 3.63) is 29.8 Å². The smallest absolute Gasteiger partial charge is 0.263 e. The van der Waals surface area contributed by atoms with E-state index in [1.807, 2.05) is 11.8 Å². The van der Waals surface area contributed by atoms with E-state index in [9.17, 15) is 13.2 Å². The highest BCUT2D eigenvalue weighted by molar-refractivity contribution is 7.90. The van der Waals surface area contributed by atoms with Crippen molar-refractivity contribution in [2.45, 2.75) is 24.3 Å². The van der Waals surface area contributed by atoms with E-state index in [0.717, 1.165) is 26.2 Å². The Morgan fingerprint density at radius 1 is 1.27 bits per heavy atom. The zero-order chi connectivity index (χ0) is 17.6. The summed E-state index contributed by atoms with van der Waals surface area (Å²) in [5, 5.41) is 3.36. The van der Waals surface area contributed by atoms with Crippen LogP contribution in [0.2, 0.25) is 0 Å². The molecule has 1 aromatic rings. The molecule has 0 spiro atoms. The minimum absolute atomic E-state index is 0. The third kappa shape index (κ3) is 3.45. The molecule has 1 aromatic carbocycles. The number of benzene rings is 1. The van der Waals surface area contributed by atoms with Crippen LogP contribution in [-0.2, 0) is 14.8 Å². The van der Waals surface area contributed by atoms with E-state index in [2.05, 4.69) is 15.0 Å². The van der Waals surface area contributed by atoms with Crippen LogP contribution >= 0.6 is 12.4 Å². The summed E-state index contributed by atoms with van der Waals surface area (Å²) in [6, 6.07) is 6.48. The van der Waals surface area contributed by atoms with Gasteiger partial charge in [0.2, 0.25) is 5.91 Å². The van der Waals surface area contributed by atoms with Crippen LogP contribution in [0.5, 0.6) is 0 Å². The zero-order valence-electron chi connectivity index (χ0n) is 14.5. The van der Waals surface area contributed by atoms with Gasteiger partial charge in [-0.1, -0.05) is 12.1 Å². The Labute approximate surface area is 159 Å². The quantitative estimate of drug-likeness (QED) is 0.780. The molecule has 2 saturated heterocycles. The normalized spacial score (nSPS) is 28.2. The molecule has 7 nitrogen and oxygen atoms in total. The number of amidine groups is 1. The Bertz CT molecular complexity index is 830. The highest BCUT2D eigenvalue weighted by atomic mass is 35.5. The number of fused-ring (bicyclic) bond motifs is 2. The zero-order valence-corrected chi connectivity index (χ0v) is 16.1. The average Bonchev–Trinajstić information content (AvgIpc) is 3.20. The molecule has 3 aliphatic heterocycles. The second-order valence-electron chi connectivity index (χ2n) is 7.11. The van der Waals surface area contributed by atoms with Gasteiger partial charge in [0.25, 0.3) is 10.0 Å². The number of hydrogen-bond acceptors (Lipinski definition) is 5. The first-order valence-electron chi connectivity index (χ1n) is 8.62. The maximum Gasteiger partial charge on any atom is 0.263 e. The fraction of sp³-hybridized carbons (Fsp3) is 0.529. The van der Waals surface area contributed by atoms with Crippen LogP contribution in [0, 0.1) is 11.8 Å². The van der Waals surface area contributed by atoms with E-state index >= 15 is 0 Å². The molecule has 4 rings (SSSR count). The number of sulfonamides is 1. The maximum absolute atomic E-state index is 12.5. The molecule has 0 aromatic heterocycles. The first-order valence-corrected chi connectivity index (χ1v) is 10.1. The van der Waals surface area contributed by atoms with Crippen molar-refractivity contribution in [2.24, 2.45) is 16.8 Å². The summed E-state index contributed by atoms with van der Waals surface area (Å²) in [4.78, 5) is 19.2. The lowest BCUT2D eigenvalue weighted by Crippen LogP contribution is -2.33. The number of amides is 1. The number of aliphatic imine (C=N–C) groups is 1. The average molecular weight is 399 g/mol. The molecule has 2 N–H and O–H groups in total. The Morgan fingerprint density at radius 3 is 2.62 bits per heavy atom. The van der Waals surface area contributed by atoms with Gasteiger partial charge in [-0.15, -0.1) is 12.4 Å². The van der Waals surface area contributed by atoms with E-state index in [1.54, 1.807) is 24.3 Å². The van der Waals surface area contributed by atoms with Crippen molar-refractivity contribution >= 4 is 34.2 Å². The molecule has 0 saturated carbocycles. The van der Waals surface area contributed by atoms with Gasteiger partial charge < -0.3 is 10.2 Å². The van der Waals surface area contributed by atoms with Crippen molar-refractivity contribution in [3.8, 4) is 0 Å². The molecule has 2 fully saturated rings. The monoisotopic (exact) mass is 398 g/mol. The van der Waals surface area contributed by atoms with Crippen LogP contribution < -0.4 is 10.0 Å². The van der Waals surface area contributed by atoms with Crippen LogP contribution in [0.4, 0.5) is 0 Å². The Kier molecular flexibility index (Phi) is 5.28. The van der Waals surface area contributed by atoms with Crippen molar-refractivity contribution in [3.63, 3.8) is 0 Å². The van der Waals surface area contributed by atoms with Crippen LogP contribution in [0.15, 0.2) is 34.2 Å². The van der Waals surface area contributed by atoms with Gasteiger partial charge in [-0.2, -0.15) is 0 Å². The first kappa shape index (κ1) is 19.1. The van der Waals surface area contributed by atoms with Crippen molar-refractivity contribution in [1.29, 1.82) is 0 Å². The van der Waals surface area contributed by atoms with Crippen LogP contribution in [-0.4, -0.2) is 57.3 Å². The number of carbonyl (C=O) groups excluding carboxylic acids is 1. The summed E-state index contributed by atoms with van der Waals surface area (Å²) < 4.78 is 26.7. The Morgan fingerprint density at radius 2 is 1.92 bits per heavy atom. The number of likely N-dealkylation sites (tertiary alicyclic amines) is 1. The number of rotatable bonds is 3. The number of nitrogens with zero attached hydrogens (tertiary/aromatic N) is 2. The lowest BCUT2D eigenvalue weighted by Gasteiger charge is -2.19. The first-order chi connectivity index (χ1) is 11.9. The summed E-state index contributed by atoms with van der Waals surface area (Å²) in [6.07, 6.45) is 0.292. The molecule has 26 heavy (non-hydrogen) atoms. The summed E-state index contributed by atoms with van der Waals surface area (Å²) in [7, 11) is -3.54. The molecule has 9 heteroatoms. The van der Waals surface area contributed by atoms with E-state index < -0.39 is 10.0 Å². The molecule has 1 unspecified atom stereocenters. The Balaban J connectivity index is 0.00000196. The lowest BCUT2D eigenvalue weighted by molar-refractivity contribution is -0.130. The van der Waals surface area contributed by atoms with Gasteiger partial charge in [-0.05, 0) is 30.9 Å². The predicted octanol–water partition coefficient (Wildman–Crippen LogP) is 0.603. The Hall–Kier alpha value is -1.64. The van der Waals surface area contributed by atoms with Gasteiger partial charge in [0, 0.05) is 38.2 Å². The standard InChI is InChI=1S/C17H22N4O3S.ClH/c1-11(6-16(22)21-9-12-7-18-8-13(12)10-21)19-17-14-4-2-3-5-15(14)25(23,24)20-17;/h2-5,11-13,18H,6-10H2,1H3,(H,19,20);1H/t11?,12-,13+;. The number of carbonyl (C=O) groups is 1. The van der Waals surface area contributed by atoms with Crippen molar-refractivity contribution in [2.75, 3.05) is 26.2 Å². The lowest BCUT2D eigenvalue weighted by atomic mass is 10.0. The fourth-order valence-electron chi connectivity index (χ4n) is 3.94. The summed E-state index contributed by atoms with van der Waals surface area (Å²) in [5.41, 5.74) is 0.573. The topological polar surface area (TPSA) is 90.9 Å². The summed E-state index contributed by atoms with van der Waals surface area (Å²) in [5.74, 6) is 1.57. The second kappa shape index (κ2) is 7.17. The third-order valence-corrected chi connectivity index (χ3v) is 6.62. The van der Waals surface area contributed by atoms with Gasteiger partial charge in [-0.25, -0.2) is 8.42 Å². The molecular formula is C17H23ClN4O3S. The van der Waals surface area contributed by atoms with E-state index in [-0.39, 0.29) is 29.3 Å². The summed E-state index contributed by atoms with van der Waals surface area (Å²) >= 11 is 0. The van der Waals surface area contributed by atoms with Gasteiger partial charge in [0.15, 0.2) is 0 Å². The minimum Gasteiger partial charge on any atom is -0.342 e. The number of hydrogen-bond donors (Lipinski definition) is 2. The summed E-state index contributed by atoms with van der Waals surface area (Å²) in [6.45, 7) is 5.46. The second-order valence-corrected chi connectivity index (χ2v) is 8.76. The van der Waals surface area contributed by atoms with Crippen molar-refractivity contribution < 1.29 is 13.2 Å². The van der Waals surface area contributed by atoms with Crippen LogP contribution in [0.25, 0.3) is 0 Å². The highest BCUT2D eigenvalue weighted by Gasteiger charge is 2.38. The maximum atomic E-state index is 12.5. The van der Waals surface area contributed by atoms with Gasteiger partial charge in [-0.3, -0.25) is 14.5 Å². The van der Waals surface area contributed by atoms with Gasteiger partial charge >= 0.3 is 0 Å². The fourth-order valence-corrected chi connectivity index (χ4v) is 5.18. The molecule has 0 bridgehead atoms. The minimum atomic E-state index is -3.54. The predicted molar refractivity (Wildman–Crippen MR) is 101 cm³/mol. The molecular weight excluding hydrogens is 376 g/mol. The van der Waals surface area contributed by atoms with Crippen LogP contribution in [0.3, 0.4) is 0 Å². The van der Waals surface area contributed by atoms with E-state index in [0.29, 0.717) is 29.7 Å². The largest absolute Gasteiger partial charge is 0.342 e. The van der Waals surface area contributed by atoms with E-state index in [1.165, 1.54) is 0 Å². The SMILES string of the molecule is CC(CC(=O)N1C[C@H]2CNC[C@H]2C1)N=C1NS(=O)(=O)c2ccccc21.Cl. The third-order valence-electron chi connectivity index (χ3n) is 5.22. The molecule has 3 heterocycles. The molecule has 0 radical (unpaired) electrons. The molecule has 3 aliphatic rings.